The average molecular weight is 151 g/mol. The summed E-state index contributed by atoms with van der Waals surface area (Å²) in [7, 11) is 2.23. The molecule has 0 saturated carbocycles. The van der Waals surface area contributed by atoms with Gasteiger partial charge in [0.1, 0.15) is 0 Å². The molecule has 1 unspecified atom stereocenters. The van der Waals surface area contributed by atoms with Crippen molar-refractivity contribution < 1.29 is 9.42 Å². The molecule has 0 radical (unpaired) electrons. The SMILES string of the molecule is CC(C)OP(O)N(C)C. The van der Waals surface area contributed by atoms with Crippen molar-refractivity contribution in [3.63, 3.8) is 0 Å². The van der Waals surface area contributed by atoms with Gasteiger partial charge in [-0.2, -0.15) is 0 Å². The Morgan fingerprint density at radius 3 is 2.00 bits per heavy atom. The molecule has 0 saturated heterocycles. The third-order valence-corrected chi connectivity index (χ3v) is 1.94. The van der Waals surface area contributed by atoms with Gasteiger partial charge in [0.2, 0.25) is 0 Å². The molecule has 3 nitrogen and oxygen atoms in total. The Labute approximate surface area is 57.6 Å². The van der Waals surface area contributed by atoms with Crippen molar-refractivity contribution in [2.24, 2.45) is 0 Å². The molecule has 56 valence electrons. The van der Waals surface area contributed by atoms with Crippen LogP contribution in [0.1, 0.15) is 13.8 Å². The highest BCUT2D eigenvalue weighted by molar-refractivity contribution is 7.43. The maximum absolute atomic E-state index is 9.07. The van der Waals surface area contributed by atoms with E-state index in [1.807, 2.05) is 13.8 Å². The fourth-order valence-electron chi connectivity index (χ4n) is 0.283. The minimum atomic E-state index is -1.35. The van der Waals surface area contributed by atoms with E-state index in [1.165, 1.54) is 0 Å². The van der Waals surface area contributed by atoms with Crippen molar-refractivity contribution in [1.29, 1.82) is 0 Å². The normalized spacial score (nSPS) is 15.0. The molecule has 0 aliphatic carbocycles. The van der Waals surface area contributed by atoms with Crippen molar-refractivity contribution >= 4 is 8.53 Å². The Morgan fingerprint density at radius 1 is 1.44 bits per heavy atom. The summed E-state index contributed by atoms with van der Waals surface area (Å²) < 4.78 is 6.72. The first-order chi connectivity index (χ1) is 4.04. The predicted octanol–water partition coefficient (Wildman–Crippen LogP) is 1.19. The quantitative estimate of drug-likeness (QED) is 0.615. The summed E-state index contributed by atoms with van der Waals surface area (Å²) in [5, 5.41) is 0. The molecule has 0 fully saturated rings. The number of hydrogen-bond acceptors (Lipinski definition) is 3. The van der Waals surface area contributed by atoms with Crippen LogP contribution < -0.4 is 0 Å². The van der Waals surface area contributed by atoms with Crippen molar-refractivity contribution in [3.8, 4) is 0 Å². The summed E-state index contributed by atoms with van der Waals surface area (Å²) in [6, 6.07) is 0. The maximum Gasteiger partial charge on any atom is 0.255 e. The molecule has 0 aliphatic heterocycles. The molecule has 9 heavy (non-hydrogen) atoms. The highest BCUT2D eigenvalue weighted by Gasteiger charge is 2.09. The lowest BCUT2D eigenvalue weighted by atomic mass is 10.5. The van der Waals surface area contributed by atoms with E-state index in [0.717, 1.165) is 0 Å². The zero-order valence-corrected chi connectivity index (χ0v) is 7.22. The summed E-state index contributed by atoms with van der Waals surface area (Å²) in [6.45, 7) is 3.80. The second-order valence-corrected chi connectivity index (χ2v) is 3.77. The molecule has 0 bridgehead atoms. The van der Waals surface area contributed by atoms with Crippen LogP contribution in [0.5, 0.6) is 0 Å². The fraction of sp³-hybridized carbons (Fsp3) is 1.00. The van der Waals surface area contributed by atoms with E-state index in [1.54, 1.807) is 18.8 Å². The van der Waals surface area contributed by atoms with E-state index in [0.29, 0.717) is 0 Å². The Balaban J connectivity index is 3.38. The Morgan fingerprint density at radius 2 is 1.89 bits per heavy atom. The third kappa shape index (κ3) is 4.79. The van der Waals surface area contributed by atoms with E-state index in [-0.39, 0.29) is 6.10 Å². The average Bonchev–Trinajstić information content (AvgIpc) is 1.63. The molecule has 0 aromatic rings. The first kappa shape index (κ1) is 9.31. The smallest absolute Gasteiger partial charge is 0.255 e. The van der Waals surface area contributed by atoms with Crippen LogP contribution in [0.3, 0.4) is 0 Å². The van der Waals surface area contributed by atoms with Crippen molar-refractivity contribution in [2.75, 3.05) is 14.1 Å². The predicted molar refractivity (Wildman–Crippen MR) is 39.0 cm³/mol. The summed E-state index contributed by atoms with van der Waals surface area (Å²) in [5.41, 5.74) is 0. The van der Waals surface area contributed by atoms with Crippen LogP contribution in [0.15, 0.2) is 0 Å². The van der Waals surface area contributed by atoms with Crippen LogP contribution in [-0.2, 0) is 4.52 Å². The summed E-state index contributed by atoms with van der Waals surface area (Å²) in [5.74, 6) is 0. The molecule has 0 rings (SSSR count). The first-order valence-corrected chi connectivity index (χ1v) is 4.03. The zero-order chi connectivity index (χ0) is 7.44. The molecule has 1 N–H and O–H groups in total. The second kappa shape index (κ2) is 4.18. The highest BCUT2D eigenvalue weighted by atomic mass is 31.2. The van der Waals surface area contributed by atoms with Gasteiger partial charge in [0.05, 0.1) is 6.10 Å². The lowest BCUT2D eigenvalue weighted by Crippen LogP contribution is -2.09. The van der Waals surface area contributed by atoms with Gasteiger partial charge in [-0.25, -0.2) is 4.67 Å². The van der Waals surface area contributed by atoms with Crippen molar-refractivity contribution in [1.82, 2.24) is 4.67 Å². The Kier molecular flexibility index (Phi) is 4.32. The van der Waals surface area contributed by atoms with Gasteiger partial charge in [0.15, 0.2) is 0 Å². The molecule has 4 heteroatoms. The summed E-state index contributed by atoms with van der Waals surface area (Å²) in [4.78, 5) is 9.07. The monoisotopic (exact) mass is 151 g/mol. The van der Waals surface area contributed by atoms with Crippen LogP contribution in [-0.4, -0.2) is 29.8 Å². The number of nitrogens with zero attached hydrogens (tertiary/aromatic N) is 1. The van der Waals surface area contributed by atoms with E-state index < -0.39 is 8.53 Å². The van der Waals surface area contributed by atoms with Crippen molar-refractivity contribution in [2.45, 2.75) is 20.0 Å². The standard InChI is InChI=1S/C5H14NO2P/c1-5(2)8-9(7)6(3)4/h5,7H,1-4H3. The molecular formula is C5H14NO2P. The lowest BCUT2D eigenvalue weighted by Gasteiger charge is -2.18. The molecule has 0 amide bonds. The van der Waals surface area contributed by atoms with Crippen LogP contribution >= 0.6 is 8.53 Å². The molecular weight excluding hydrogens is 137 g/mol. The van der Waals surface area contributed by atoms with Gasteiger partial charge >= 0.3 is 0 Å². The minimum absolute atomic E-state index is 0.100. The van der Waals surface area contributed by atoms with E-state index in [9.17, 15) is 0 Å². The lowest BCUT2D eigenvalue weighted by molar-refractivity contribution is 0.217. The van der Waals surface area contributed by atoms with Crippen LogP contribution in [0, 0.1) is 0 Å². The highest BCUT2D eigenvalue weighted by Crippen LogP contribution is 2.34. The molecule has 0 spiro atoms. The zero-order valence-electron chi connectivity index (χ0n) is 6.33. The molecule has 0 aliphatic rings. The van der Waals surface area contributed by atoms with Crippen LogP contribution in [0.4, 0.5) is 0 Å². The van der Waals surface area contributed by atoms with Gasteiger partial charge in [-0.3, -0.25) is 0 Å². The molecule has 1 atom stereocenters. The molecule has 0 heterocycles. The van der Waals surface area contributed by atoms with Gasteiger partial charge in [0.25, 0.3) is 8.53 Å². The fourth-order valence-corrected chi connectivity index (χ4v) is 0.849. The summed E-state index contributed by atoms with van der Waals surface area (Å²) >= 11 is 0. The molecule has 0 aromatic heterocycles. The Bertz CT molecular complexity index is 77.4. The van der Waals surface area contributed by atoms with Crippen LogP contribution in [0.2, 0.25) is 0 Å². The number of rotatable bonds is 3. The van der Waals surface area contributed by atoms with Crippen molar-refractivity contribution in [3.05, 3.63) is 0 Å². The maximum atomic E-state index is 9.07. The van der Waals surface area contributed by atoms with Gasteiger partial charge in [-0.05, 0) is 27.9 Å². The van der Waals surface area contributed by atoms with Gasteiger partial charge < -0.3 is 9.42 Å². The summed E-state index contributed by atoms with van der Waals surface area (Å²) in [6.07, 6.45) is 0.100. The van der Waals surface area contributed by atoms with Gasteiger partial charge in [0, 0.05) is 0 Å². The second-order valence-electron chi connectivity index (χ2n) is 2.25. The topological polar surface area (TPSA) is 32.7 Å². The van der Waals surface area contributed by atoms with Crippen LogP contribution in [0.25, 0.3) is 0 Å². The first-order valence-electron chi connectivity index (χ1n) is 2.87. The van der Waals surface area contributed by atoms with Gasteiger partial charge in [-0.1, -0.05) is 0 Å². The third-order valence-electron chi connectivity index (χ3n) is 0.647. The van der Waals surface area contributed by atoms with Gasteiger partial charge in [-0.15, -0.1) is 0 Å². The Hall–Kier alpha value is 0.310. The minimum Gasteiger partial charge on any atom is -0.338 e. The van der Waals surface area contributed by atoms with E-state index in [4.69, 9.17) is 9.42 Å². The number of hydrogen-bond donors (Lipinski definition) is 1. The largest absolute Gasteiger partial charge is 0.338 e. The molecule has 0 aromatic carbocycles. The van der Waals surface area contributed by atoms with E-state index >= 15 is 0 Å². The van der Waals surface area contributed by atoms with E-state index in [2.05, 4.69) is 0 Å².